The number of aromatic nitrogens is 4. The van der Waals surface area contributed by atoms with Crippen molar-refractivity contribution < 1.29 is 0 Å². The fourth-order valence-corrected chi connectivity index (χ4v) is 2.90. The van der Waals surface area contributed by atoms with Gasteiger partial charge in [-0.3, -0.25) is 9.36 Å². The van der Waals surface area contributed by atoms with Gasteiger partial charge in [0.05, 0.1) is 22.1 Å². The van der Waals surface area contributed by atoms with Crippen LogP contribution in [0.3, 0.4) is 0 Å². The summed E-state index contributed by atoms with van der Waals surface area (Å²) in [6.45, 7) is 7.12. The molecule has 2 aromatic heterocycles. The fraction of sp³-hybridized carbons (Fsp3) is 0.600. The minimum Gasteiger partial charge on any atom is -0.309 e. The maximum atomic E-state index is 6.39. The van der Waals surface area contributed by atoms with Gasteiger partial charge in [0.1, 0.15) is 0 Å². The summed E-state index contributed by atoms with van der Waals surface area (Å²) < 4.78 is 3.74. The van der Waals surface area contributed by atoms with Crippen molar-refractivity contribution in [1.29, 1.82) is 0 Å². The Morgan fingerprint density at radius 1 is 1.24 bits per heavy atom. The van der Waals surface area contributed by atoms with Crippen LogP contribution in [0.5, 0.6) is 0 Å². The van der Waals surface area contributed by atoms with Gasteiger partial charge in [-0.25, -0.2) is 0 Å². The number of rotatable bonds is 6. The summed E-state index contributed by atoms with van der Waals surface area (Å²) in [5.74, 6) is 0. The first-order valence-electron chi connectivity index (χ1n) is 7.35. The average molecular weight is 310 g/mol. The molecule has 0 aliphatic carbocycles. The smallest absolute Gasteiger partial charge is 0.0847 e. The van der Waals surface area contributed by atoms with E-state index in [9.17, 15) is 0 Å². The number of nitrogens with one attached hydrogen (secondary N) is 1. The number of hydrogen-bond acceptors (Lipinski definition) is 3. The highest BCUT2D eigenvalue weighted by Crippen LogP contribution is 2.26. The van der Waals surface area contributed by atoms with E-state index in [1.165, 1.54) is 5.56 Å². The third kappa shape index (κ3) is 3.47. The number of hydrogen-bond donors (Lipinski definition) is 1. The molecule has 5 nitrogen and oxygen atoms in total. The van der Waals surface area contributed by atoms with Gasteiger partial charge in [0.15, 0.2) is 0 Å². The molecule has 116 valence electrons. The average Bonchev–Trinajstić information content (AvgIpc) is 2.87. The van der Waals surface area contributed by atoms with Crippen LogP contribution in [0.15, 0.2) is 6.20 Å². The molecule has 1 unspecified atom stereocenters. The molecule has 0 saturated heterocycles. The van der Waals surface area contributed by atoms with E-state index in [0.717, 1.165) is 41.5 Å². The molecular formula is C15H24ClN5. The van der Waals surface area contributed by atoms with Gasteiger partial charge in [-0.05, 0) is 26.8 Å². The molecule has 0 radical (unpaired) electrons. The van der Waals surface area contributed by atoms with Gasteiger partial charge in [0, 0.05) is 38.3 Å². The first-order valence-corrected chi connectivity index (χ1v) is 7.73. The zero-order chi connectivity index (χ0) is 15.6. The highest BCUT2D eigenvalue weighted by molar-refractivity contribution is 6.31. The Balaban J connectivity index is 2.30. The van der Waals surface area contributed by atoms with Crippen LogP contribution in [-0.4, -0.2) is 26.1 Å². The zero-order valence-electron chi connectivity index (χ0n) is 13.4. The van der Waals surface area contributed by atoms with Crippen molar-refractivity contribution in [3.63, 3.8) is 0 Å². The lowest BCUT2D eigenvalue weighted by molar-refractivity contribution is 0.510. The Morgan fingerprint density at radius 2 is 1.95 bits per heavy atom. The largest absolute Gasteiger partial charge is 0.309 e. The molecule has 1 atom stereocenters. The van der Waals surface area contributed by atoms with Gasteiger partial charge in [-0.2, -0.15) is 10.2 Å². The molecule has 0 spiro atoms. The van der Waals surface area contributed by atoms with Crippen molar-refractivity contribution >= 4 is 11.6 Å². The molecule has 0 bridgehead atoms. The second kappa shape index (κ2) is 6.62. The highest BCUT2D eigenvalue weighted by atomic mass is 35.5. The Hall–Kier alpha value is -1.33. The van der Waals surface area contributed by atoms with Gasteiger partial charge < -0.3 is 5.32 Å². The Labute approximate surface area is 131 Å². The highest BCUT2D eigenvalue weighted by Gasteiger charge is 2.21. The van der Waals surface area contributed by atoms with Crippen LogP contribution in [0.4, 0.5) is 0 Å². The van der Waals surface area contributed by atoms with Gasteiger partial charge in [-0.15, -0.1) is 0 Å². The third-order valence-corrected chi connectivity index (χ3v) is 4.22. The quantitative estimate of drug-likeness (QED) is 0.892. The van der Waals surface area contributed by atoms with Gasteiger partial charge in [-0.1, -0.05) is 18.5 Å². The van der Waals surface area contributed by atoms with Crippen molar-refractivity contribution in [2.24, 2.45) is 14.1 Å². The van der Waals surface area contributed by atoms with Gasteiger partial charge in [0.25, 0.3) is 0 Å². The summed E-state index contributed by atoms with van der Waals surface area (Å²) in [4.78, 5) is 0. The van der Waals surface area contributed by atoms with Crippen LogP contribution in [0.1, 0.15) is 42.0 Å². The molecular weight excluding hydrogens is 286 g/mol. The molecule has 6 heteroatoms. The van der Waals surface area contributed by atoms with E-state index in [1.807, 2.05) is 37.3 Å². The van der Waals surface area contributed by atoms with Crippen LogP contribution < -0.4 is 5.32 Å². The first-order chi connectivity index (χ1) is 9.93. The maximum absolute atomic E-state index is 6.39. The summed E-state index contributed by atoms with van der Waals surface area (Å²) in [6.07, 6.45) is 3.98. The predicted octanol–water partition coefficient (Wildman–Crippen LogP) is 2.71. The minimum atomic E-state index is 0.200. The molecule has 2 rings (SSSR count). The van der Waals surface area contributed by atoms with E-state index in [2.05, 4.69) is 28.6 Å². The first kappa shape index (κ1) is 16.0. The molecule has 2 aromatic rings. The monoisotopic (exact) mass is 309 g/mol. The third-order valence-electron chi connectivity index (χ3n) is 3.73. The van der Waals surface area contributed by atoms with Crippen molar-refractivity contribution in [1.82, 2.24) is 24.9 Å². The van der Waals surface area contributed by atoms with Crippen LogP contribution in [0.2, 0.25) is 5.02 Å². The van der Waals surface area contributed by atoms with Crippen LogP contribution in [-0.2, 0) is 20.5 Å². The summed E-state index contributed by atoms with van der Waals surface area (Å²) >= 11 is 6.39. The molecule has 0 fully saturated rings. The predicted molar refractivity (Wildman–Crippen MR) is 85.6 cm³/mol. The number of nitrogens with zero attached hydrogens (tertiary/aromatic N) is 4. The van der Waals surface area contributed by atoms with Gasteiger partial charge >= 0.3 is 0 Å². The lowest BCUT2D eigenvalue weighted by atomic mass is 10.0. The van der Waals surface area contributed by atoms with Crippen molar-refractivity contribution in [3.05, 3.63) is 33.9 Å². The molecule has 0 aliphatic rings. The van der Waals surface area contributed by atoms with Crippen molar-refractivity contribution in [3.8, 4) is 0 Å². The summed E-state index contributed by atoms with van der Waals surface area (Å²) in [6, 6.07) is 0.200. The van der Waals surface area contributed by atoms with E-state index in [4.69, 9.17) is 11.6 Å². The molecule has 0 aliphatic heterocycles. The Kier molecular flexibility index (Phi) is 5.06. The zero-order valence-corrected chi connectivity index (χ0v) is 14.2. The summed E-state index contributed by atoms with van der Waals surface area (Å²) in [7, 11) is 3.90. The molecule has 1 N–H and O–H groups in total. The SMILES string of the molecule is CCCNC(Cc1c(Cl)c(C)nn1C)c1cn(C)nc1C. The van der Waals surface area contributed by atoms with E-state index in [0.29, 0.717) is 0 Å². The minimum absolute atomic E-state index is 0.200. The maximum Gasteiger partial charge on any atom is 0.0847 e. The van der Waals surface area contributed by atoms with Crippen LogP contribution >= 0.6 is 11.6 Å². The standard InChI is InChI=1S/C15H24ClN5/c1-6-7-17-13(12-9-20(4)18-10(12)2)8-14-15(16)11(3)19-21(14)5/h9,13,17H,6-8H2,1-5H3. The number of aryl methyl sites for hydroxylation is 4. The van der Waals surface area contributed by atoms with E-state index < -0.39 is 0 Å². The van der Waals surface area contributed by atoms with Gasteiger partial charge in [0.2, 0.25) is 0 Å². The Morgan fingerprint density at radius 3 is 2.43 bits per heavy atom. The molecule has 21 heavy (non-hydrogen) atoms. The van der Waals surface area contributed by atoms with Crippen molar-refractivity contribution in [2.45, 2.75) is 39.7 Å². The van der Waals surface area contributed by atoms with E-state index in [1.54, 1.807) is 0 Å². The topological polar surface area (TPSA) is 47.7 Å². The fourth-order valence-electron chi connectivity index (χ4n) is 2.67. The van der Waals surface area contributed by atoms with Crippen LogP contribution in [0, 0.1) is 13.8 Å². The lowest BCUT2D eigenvalue weighted by Gasteiger charge is -2.18. The molecule has 0 amide bonds. The normalized spacial score (nSPS) is 12.9. The molecule has 2 heterocycles. The lowest BCUT2D eigenvalue weighted by Crippen LogP contribution is -2.25. The summed E-state index contributed by atoms with van der Waals surface area (Å²) in [5, 5.41) is 13.2. The number of halogens is 1. The summed E-state index contributed by atoms with van der Waals surface area (Å²) in [5.41, 5.74) is 4.22. The van der Waals surface area contributed by atoms with E-state index >= 15 is 0 Å². The molecule has 0 aromatic carbocycles. The van der Waals surface area contributed by atoms with Crippen LogP contribution in [0.25, 0.3) is 0 Å². The molecule has 0 saturated carbocycles. The van der Waals surface area contributed by atoms with Crippen molar-refractivity contribution in [2.75, 3.05) is 6.54 Å². The second-order valence-electron chi connectivity index (χ2n) is 5.52. The van der Waals surface area contributed by atoms with E-state index in [-0.39, 0.29) is 6.04 Å². The Bertz CT molecular complexity index is 614. The second-order valence-corrected chi connectivity index (χ2v) is 5.90.